The van der Waals surface area contributed by atoms with Gasteiger partial charge in [-0.15, -0.1) is 11.3 Å². The molecule has 0 amide bonds. The van der Waals surface area contributed by atoms with Gasteiger partial charge in [-0.1, -0.05) is 11.6 Å². The average molecular weight is 247 g/mol. The fourth-order valence-corrected chi connectivity index (χ4v) is 3.14. The van der Waals surface area contributed by atoms with Crippen molar-refractivity contribution in [3.05, 3.63) is 21.3 Å². The van der Waals surface area contributed by atoms with E-state index in [9.17, 15) is 5.11 Å². The summed E-state index contributed by atoms with van der Waals surface area (Å²) in [5.74, 6) is 0.401. The fourth-order valence-electron chi connectivity index (χ4n) is 1.93. The molecule has 1 N–H and O–H groups in total. The van der Waals surface area contributed by atoms with Crippen molar-refractivity contribution < 1.29 is 9.84 Å². The number of ether oxygens (including phenoxy) is 1. The number of methoxy groups -OCH3 is 1. The largest absolute Gasteiger partial charge is 0.387 e. The first-order valence-corrected chi connectivity index (χ1v) is 6.29. The Balaban J connectivity index is 2.06. The van der Waals surface area contributed by atoms with Crippen LogP contribution >= 0.6 is 22.9 Å². The minimum atomic E-state index is -0.692. The quantitative estimate of drug-likeness (QED) is 0.866. The number of rotatable bonds is 5. The molecule has 1 saturated carbocycles. The van der Waals surface area contributed by atoms with E-state index in [1.54, 1.807) is 7.11 Å². The zero-order chi connectivity index (χ0) is 10.9. The van der Waals surface area contributed by atoms with Crippen LogP contribution in [0.4, 0.5) is 0 Å². The Kier molecular flexibility index (Phi) is 3.36. The monoisotopic (exact) mass is 246 g/mol. The number of halogens is 1. The minimum absolute atomic E-state index is 0.401. The molecular formula is C11H15ClO2S. The third-order valence-corrected chi connectivity index (χ3v) is 4.07. The second kappa shape index (κ2) is 4.42. The number of thiophene rings is 1. The lowest BCUT2D eigenvalue weighted by Gasteiger charge is -2.26. The van der Waals surface area contributed by atoms with Crippen LogP contribution in [0.15, 0.2) is 12.1 Å². The smallest absolute Gasteiger partial charge is 0.0955 e. The van der Waals surface area contributed by atoms with E-state index < -0.39 is 5.60 Å². The van der Waals surface area contributed by atoms with E-state index in [-0.39, 0.29) is 0 Å². The first-order valence-electron chi connectivity index (χ1n) is 5.09. The Morgan fingerprint density at radius 1 is 1.60 bits per heavy atom. The molecule has 0 aliphatic heterocycles. The van der Waals surface area contributed by atoms with Gasteiger partial charge < -0.3 is 9.84 Å². The number of hydrogen-bond acceptors (Lipinski definition) is 3. The topological polar surface area (TPSA) is 29.5 Å². The molecule has 0 aromatic carbocycles. The van der Waals surface area contributed by atoms with Crippen molar-refractivity contribution in [3.8, 4) is 0 Å². The van der Waals surface area contributed by atoms with Crippen molar-refractivity contribution in [2.45, 2.75) is 24.9 Å². The molecule has 0 bridgehead atoms. The summed E-state index contributed by atoms with van der Waals surface area (Å²) in [6, 6.07) is 3.86. The van der Waals surface area contributed by atoms with Crippen LogP contribution in [0.25, 0.3) is 0 Å². The summed E-state index contributed by atoms with van der Waals surface area (Å²) in [5, 5.41) is 10.5. The highest BCUT2D eigenvalue weighted by atomic mass is 35.5. The first-order chi connectivity index (χ1) is 7.14. The summed E-state index contributed by atoms with van der Waals surface area (Å²) >= 11 is 7.40. The molecule has 0 spiro atoms. The van der Waals surface area contributed by atoms with Gasteiger partial charge in [0.05, 0.1) is 16.5 Å². The summed E-state index contributed by atoms with van der Waals surface area (Å²) < 4.78 is 5.89. The second-order valence-corrected chi connectivity index (χ2v) is 5.99. The summed E-state index contributed by atoms with van der Waals surface area (Å²) in [6.45, 7) is 0.410. The zero-order valence-corrected chi connectivity index (χ0v) is 10.3. The van der Waals surface area contributed by atoms with Gasteiger partial charge in [-0.05, 0) is 30.9 Å². The Labute approximate surface area is 98.8 Å². The summed E-state index contributed by atoms with van der Waals surface area (Å²) in [6.07, 6.45) is 2.88. The molecule has 84 valence electrons. The molecule has 1 atom stereocenters. The zero-order valence-electron chi connectivity index (χ0n) is 8.70. The molecule has 1 unspecified atom stereocenters. The van der Waals surface area contributed by atoms with Crippen molar-refractivity contribution >= 4 is 22.9 Å². The van der Waals surface area contributed by atoms with Gasteiger partial charge >= 0.3 is 0 Å². The second-order valence-electron chi connectivity index (χ2n) is 4.19. The maximum Gasteiger partial charge on any atom is 0.0955 e. The van der Waals surface area contributed by atoms with E-state index in [1.807, 2.05) is 12.1 Å². The Bertz CT molecular complexity index is 335. The number of hydrogen-bond donors (Lipinski definition) is 1. The third kappa shape index (κ3) is 2.72. The van der Waals surface area contributed by atoms with E-state index in [4.69, 9.17) is 16.3 Å². The molecule has 2 nitrogen and oxygen atoms in total. The van der Waals surface area contributed by atoms with Crippen molar-refractivity contribution in [1.29, 1.82) is 0 Å². The molecule has 1 aliphatic carbocycles. The van der Waals surface area contributed by atoms with Crippen LogP contribution in [0.3, 0.4) is 0 Å². The molecule has 15 heavy (non-hydrogen) atoms. The standard InChI is InChI=1S/C11H15ClO2S/c1-14-7-11(13,8-2-3-8)6-9-4-5-10(12)15-9/h4-5,8,13H,2-3,6-7H2,1H3. The van der Waals surface area contributed by atoms with Crippen LogP contribution in [0.1, 0.15) is 17.7 Å². The van der Waals surface area contributed by atoms with E-state index in [0.717, 1.165) is 22.1 Å². The van der Waals surface area contributed by atoms with E-state index in [2.05, 4.69) is 0 Å². The molecule has 0 saturated heterocycles. The van der Waals surface area contributed by atoms with Gasteiger partial charge in [-0.2, -0.15) is 0 Å². The van der Waals surface area contributed by atoms with Crippen LogP contribution in [-0.2, 0) is 11.2 Å². The molecule has 1 fully saturated rings. The Hall–Kier alpha value is -0.0900. The molecule has 4 heteroatoms. The first kappa shape index (κ1) is 11.4. The molecule has 0 radical (unpaired) electrons. The predicted octanol–water partition coefficient (Wildman–Crippen LogP) is 2.73. The predicted molar refractivity (Wildman–Crippen MR) is 62.6 cm³/mol. The molecule has 2 rings (SSSR count). The summed E-state index contributed by atoms with van der Waals surface area (Å²) in [4.78, 5) is 1.13. The lowest BCUT2D eigenvalue weighted by atomic mass is 9.94. The van der Waals surface area contributed by atoms with Crippen LogP contribution in [0.2, 0.25) is 4.34 Å². The van der Waals surface area contributed by atoms with E-state index >= 15 is 0 Å². The normalized spacial score (nSPS) is 20.2. The highest BCUT2D eigenvalue weighted by molar-refractivity contribution is 7.16. The lowest BCUT2D eigenvalue weighted by Crippen LogP contribution is -2.38. The van der Waals surface area contributed by atoms with Gasteiger partial charge in [0.2, 0.25) is 0 Å². The fraction of sp³-hybridized carbons (Fsp3) is 0.636. The van der Waals surface area contributed by atoms with Crippen LogP contribution in [0.5, 0.6) is 0 Å². The summed E-state index contributed by atoms with van der Waals surface area (Å²) in [5.41, 5.74) is -0.692. The van der Waals surface area contributed by atoms with Gasteiger partial charge in [0.1, 0.15) is 0 Å². The maximum absolute atomic E-state index is 10.5. The van der Waals surface area contributed by atoms with Gasteiger partial charge in [-0.3, -0.25) is 0 Å². The molecular weight excluding hydrogens is 232 g/mol. The van der Waals surface area contributed by atoms with Crippen molar-refractivity contribution in [2.24, 2.45) is 5.92 Å². The van der Waals surface area contributed by atoms with Crippen LogP contribution < -0.4 is 0 Å². The highest BCUT2D eigenvalue weighted by Gasteiger charge is 2.44. The van der Waals surface area contributed by atoms with Gasteiger partial charge in [0.25, 0.3) is 0 Å². The molecule has 1 aromatic rings. The molecule has 1 aliphatic rings. The highest BCUT2D eigenvalue weighted by Crippen LogP contribution is 2.42. The van der Waals surface area contributed by atoms with Gasteiger partial charge in [0, 0.05) is 18.4 Å². The van der Waals surface area contributed by atoms with Crippen LogP contribution in [-0.4, -0.2) is 24.4 Å². The molecule has 1 heterocycles. The van der Waals surface area contributed by atoms with Gasteiger partial charge in [0.15, 0.2) is 0 Å². The Morgan fingerprint density at radius 2 is 2.33 bits per heavy atom. The van der Waals surface area contributed by atoms with Gasteiger partial charge in [-0.25, -0.2) is 0 Å². The Morgan fingerprint density at radius 3 is 2.80 bits per heavy atom. The summed E-state index contributed by atoms with van der Waals surface area (Å²) in [7, 11) is 1.63. The molecule has 1 aromatic heterocycles. The third-order valence-electron chi connectivity index (χ3n) is 2.84. The van der Waals surface area contributed by atoms with Crippen molar-refractivity contribution in [1.82, 2.24) is 0 Å². The SMILES string of the molecule is COCC(O)(Cc1ccc(Cl)s1)C1CC1. The average Bonchev–Trinajstić information content (AvgIpc) is 2.93. The lowest BCUT2D eigenvalue weighted by molar-refractivity contribution is -0.0469. The van der Waals surface area contributed by atoms with Crippen molar-refractivity contribution in [3.63, 3.8) is 0 Å². The minimum Gasteiger partial charge on any atom is -0.387 e. The van der Waals surface area contributed by atoms with Crippen LogP contribution in [0, 0.1) is 5.92 Å². The number of aliphatic hydroxyl groups is 1. The van der Waals surface area contributed by atoms with E-state index in [0.29, 0.717) is 18.9 Å². The maximum atomic E-state index is 10.5. The van der Waals surface area contributed by atoms with Crippen molar-refractivity contribution in [2.75, 3.05) is 13.7 Å². The van der Waals surface area contributed by atoms with E-state index in [1.165, 1.54) is 11.3 Å².